The molecule has 0 radical (unpaired) electrons. The van der Waals surface area contributed by atoms with E-state index in [0.717, 1.165) is 45.2 Å². The molecule has 1 spiro atoms. The molecule has 1 aromatic carbocycles. The lowest BCUT2D eigenvalue weighted by Gasteiger charge is -2.40. The molecule has 0 saturated carbocycles. The molecule has 3 aliphatic heterocycles. The molecule has 5 rings (SSSR count). The molecule has 0 bridgehead atoms. The highest BCUT2D eigenvalue weighted by Gasteiger charge is 2.43. The van der Waals surface area contributed by atoms with Crippen LogP contribution < -0.4 is 0 Å². The van der Waals surface area contributed by atoms with Gasteiger partial charge in [0.1, 0.15) is 0 Å². The Kier molecular flexibility index (Phi) is 5.65. The summed E-state index contributed by atoms with van der Waals surface area (Å²) in [4.78, 5) is 15.9. The van der Waals surface area contributed by atoms with Crippen LogP contribution in [0, 0.1) is 10.1 Å². The average Bonchev–Trinajstić information content (AvgIpc) is 3.46. The summed E-state index contributed by atoms with van der Waals surface area (Å²) in [5, 5.41) is 20.0. The van der Waals surface area contributed by atoms with Crippen molar-refractivity contribution in [1.29, 1.82) is 0 Å². The third-order valence-electron chi connectivity index (χ3n) is 7.31. The molecule has 0 atom stereocenters. The van der Waals surface area contributed by atoms with Gasteiger partial charge in [-0.3, -0.25) is 10.1 Å². The van der Waals surface area contributed by atoms with Crippen molar-refractivity contribution in [2.24, 2.45) is 0 Å². The van der Waals surface area contributed by atoms with Crippen molar-refractivity contribution in [2.75, 3.05) is 26.2 Å². The summed E-state index contributed by atoms with van der Waals surface area (Å²) in [5.74, 6) is 0. The summed E-state index contributed by atoms with van der Waals surface area (Å²) >= 11 is 0. The van der Waals surface area contributed by atoms with E-state index in [1.807, 2.05) is 6.07 Å². The second-order valence-electron chi connectivity index (χ2n) is 9.07. The Morgan fingerprint density at radius 1 is 1.06 bits per heavy atom. The van der Waals surface area contributed by atoms with Gasteiger partial charge in [-0.1, -0.05) is 30.8 Å². The number of fused-ring (bicyclic) bond motifs is 2. The Morgan fingerprint density at radius 3 is 2.48 bits per heavy atom. The number of hydrogen-bond donors (Lipinski definition) is 0. The van der Waals surface area contributed by atoms with Gasteiger partial charge in [0.2, 0.25) is 5.69 Å². The first-order chi connectivity index (χ1) is 16.0. The lowest BCUT2D eigenvalue weighted by atomic mass is 9.83. The van der Waals surface area contributed by atoms with Crippen molar-refractivity contribution in [1.82, 2.24) is 20.1 Å². The van der Waals surface area contributed by atoms with Gasteiger partial charge in [-0.05, 0) is 60.5 Å². The molecule has 2 fully saturated rings. The number of nitro groups is 1. The number of likely N-dealkylation sites (tertiary alicyclic amines) is 2. The van der Waals surface area contributed by atoms with Crippen molar-refractivity contribution in [3.63, 3.8) is 0 Å². The van der Waals surface area contributed by atoms with Crippen LogP contribution in [0.4, 0.5) is 0 Å². The van der Waals surface area contributed by atoms with Gasteiger partial charge in [-0.25, -0.2) is 4.63 Å². The molecule has 0 N–H and O–H groups in total. The van der Waals surface area contributed by atoms with Crippen LogP contribution in [0.5, 0.6) is 0 Å². The van der Waals surface area contributed by atoms with Crippen LogP contribution in [-0.4, -0.2) is 51.2 Å². The van der Waals surface area contributed by atoms with Gasteiger partial charge >= 0.3 is 5.70 Å². The van der Waals surface area contributed by atoms with Crippen molar-refractivity contribution >= 4 is 11.4 Å². The molecule has 1 aromatic heterocycles. The highest BCUT2D eigenvalue weighted by atomic mass is 16.6. The zero-order chi connectivity index (χ0) is 23.0. The topological polar surface area (TPSA) is 97.8 Å². The maximum Gasteiger partial charge on any atom is 0.319 e. The smallest absolute Gasteiger partial charge is 0.319 e. The van der Waals surface area contributed by atoms with Gasteiger partial charge in [0.05, 0.1) is 28.5 Å². The van der Waals surface area contributed by atoms with E-state index in [0.29, 0.717) is 36.8 Å². The molecule has 33 heavy (non-hydrogen) atoms. The predicted molar refractivity (Wildman–Crippen MR) is 122 cm³/mol. The normalized spacial score (nSPS) is 20.5. The number of nitrogens with zero attached hydrogens (tertiary/aromatic N) is 5. The van der Waals surface area contributed by atoms with Gasteiger partial charge in [0.15, 0.2) is 5.69 Å². The van der Waals surface area contributed by atoms with Crippen LogP contribution >= 0.6 is 0 Å². The zero-order valence-corrected chi connectivity index (χ0v) is 19.0. The minimum absolute atomic E-state index is 0.0594. The third kappa shape index (κ3) is 3.80. The summed E-state index contributed by atoms with van der Waals surface area (Å²) in [5.41, 5.74) is 3.87. The molecule has 2 saturated heterocycles. The Balaban J connectivity index is 1.37. The van der Waals surface area contributed by atoms with Crippen molar-refractivity contribution in [3.8, 4) is 0 Å². The van der Waals surface area contributed by atoms with E-state index < -0.39 is 0 Å². The number of hydrogen-bond acceptors (Lipinski definition) is 8. The number of allylic oxidation sites excluding steroid dienone is 1. The van der Waals surface area contributed by atoms with E-state index in [2.05, 4.69) is 44.9 Å². The summed E-state index contributed by atoms with van der Waals surface area (Å²) in [7, 11) is 0. The monoisotopic (exact) mass is 451 g/mol. The van der Waals surface area contributed by atoms with E-state index in [9.17, 15) is 10.1 Å². The fourth-order valence-corrected chi connectivity index (χ4v) is 5.39. The molecule has 0 amide bonds. The molecule has 9 heteroatoms. The maximum absolute atomic E-state index is 12.1. The summed E-state index contributed by atoms with van der Waals surface area (Å²) in [6.45, 7) is 9.67. The Bertz CT molecular complexity index is 1090. The van der Waals surface area contributed by atoms with Crippen molar-refractivity contribution in [3.05, 3.63) is 69.2 Å². The number of aromatic nitrogens is 2. The van der Waals surface area contributed by atoms with Crippen LogP contribution in [0.25, 0.3) is 11.4 Å². The van der Waals surface area contributed by atoms with Gasteiger partial charge in [-0.15, -0.1) is 0 Å². The molecular weight excluding hydrogens is 422 g/mol. The van der Waals surface area contributed by atoms with Crippen LogP contribution in [0.3, 0.4) is 0 Å². The number of rotatable bonds is 5. The van der Waals surface area contributed by atoms with Gasteiger partial charge in [0.25, 0.3) is 0 Å². The summed E-state index contributed by atoms with van der Waals surface area (Å²) < 4.78 is 11.3. The SMILES string of the molecule is C=C(c1nonc1/C(=C(\C)N1CCCCC1)[N+](=O)[O-])N1CCC2(CC1)OCc1ccccc12. The van der Waals surface area contributed by atoms with Crippen molar-refractivity contribution in [2.45, 2.75) is 51.2 Å². The molecular formula is C24H29N5O4. The highest BCUT2D eigenvalue weighted by Crippen LogP contribution is 2.45. The van der Waals surface area contributed by atoms with E-state index >= 15 is 0 Å². The second-order valence-corrected chi connectivity index (χ2v) is 9.07. The molecule has 4 heterocycles. The molecule has 0 aliphatic carbocycles. The minimum Gasteiger partial charge on any atom is -0.370 e. The van der Waals surface area contributed by atoms with Gasteiger partial charge in [0, 0.05) is 26.2 Å². The van der Waals surface area contributed by atoms with Crippen LogP contribution in [0.1, 0.15) is 61.5 Å². The Morgan fingerprint density at radius 2 is 1.76 bits per heavy atom. The van der Waals surface area contributed by atoms with E-state index in [-0.39, 0.29) is 21.9 Å². The summed E-state index contributed by atoms with van der Waals surface area (Å²) in [6, 6.07) is 8.39. The number of piperidine rings is 2. The zero-order valence-electron chi connectivity index (χ0n) is 19.0. The molecule has 174 valence electrons. The lowest BCUT2D eigenvalue weighted by Crippen LogP contribution is -2.41. The lowest BCUT2D eigenvalue weighted by molar-refractivity contribution is -0.377. The first kappa shape index (κ1) is 21.6. The standard InChI is InChI=1S/C24H29N5O4/c1-17(28-14-10-24(11-15-28)20-9-5-4-8-19(20)16-32-24)21-22(26-33-25-21)23(29(30)31)18(2)27-12-6-3-7-13-27/h4-5,8-9H,1,3,6-7,10-16H2,2H3/b23-18-. The summed E-state index contributed by atoms with van der Waals surface area (Å²) in [6.07, 6.45) is 4.83. The highest BCUT2D eigenvalue weighted by molar-refractivity contribution is 5.71. The fourth-order valence-electron chi connectivity index (χ4n) is 5.39. The van der Waals surface area contributed by atoms with Crippen LogP contribution in [0.2, 0.25) is 0 Å². The Hall–Kier alpha value is -3.20. The van der Waals surface area contributed by atoms with Crippen molar-refractivity contribution < 1.29 is 14.3 Å². The van der Waals surface area contributed by atoms with Crippen LogP contribution in [-0.2, 0) is 16.9 Å². The minimum atomic E-state index is -0.380. The fraction of sp³-hybridized carbons (Fsp3) is 0.500. The van der Waals surface area contributed by atoms with Gasteiger partial charge < -0.3 is 14.5 Å². The molecule has 9 nitrogen and oxygen atoms in total. The van der Waals surface area contributed by atoms with E-state index in [1.165, 1.54) is 11.1 Å². The van der Waals surface area contributed by atoms with E-state index in [4.69, 9.17) is 9.37 Å². The molecule has 3 aliphatic rings. The number of ether oxygens (including phenoxy) is 1. The maximum atomic E-state index is 12.1. The first-order valence-electron chi connectivity index (χ1n) is 11.6. The molecule has 0 unspecified atom stereocenters. The van der Waals surface area contributed by atoms with Gasteiger partial charge in [-0.2, -0.15) is 0 Å². The average molecular weight is 452 g/mol. The third-order valence-corrected chi connectivity index (χ3v) is 7.31. The second kappa shape index (κ2) is 8.62. The molecule has 2 aromatic rings. The quantitative estimate of drug-likeness (QED) is 0.497. The first-order valence-corrected chi connectivity index (χ1v) is 11.6. The number of benzene rings is 1. The largest absolute Gasteiger partial charge is 0.370 e. The Labute approximate surface area is 192 Å². The van der Waals surface area contributed by atoms with E-state index in [1.54, 1.807) is 6.92 Å². The predicted octanol–water partition coefficient (Wildman–Crippen LogP) is 4.01. The van der Waals surface area contributed by atoms with Crippen LogP contribution in [0.15, 0.2) is 41.2 Å².